The van der Waals surface area contributed by atoms with Crippen molar-refractivity contribution < 1.29 is 38.6 Å². The summed E-state index contributed by atoms with van der Waals surface area (Å²) in [6.07, 6.45) is 1.39. The van der Waals surface area contributed by atoms with E-state index in [1.165, 1.54) is 44.2 Å². The first-order valence-electron chi connectivity index (χ1n) is 12.5. The van der Waals surface area contributed by atoms with E-state index in [0.29, 0.717) is 12.0 Å². The molecular formula is C27H25N5O9S. The van der Waals surface area contributed by atoms with Gasteiger partial charge in [0.1, 0.15) is 40.7 Å². The summed E-state index contributed by atoms with van der Waals surface area (Å²) in [7, 11) is 0. The van der Waals surface area contributed by atoms with Crippen LogP contribution in [-0.2, 0) is 19.2 Å². The van der Waals surface area contributed by atoms with Crippen molar-refractivity contribution in [2.45, 2.75) is 41.7 Å². The molecular weight excluding hydrogens is 570 g/mol. The molecule has 0 spiro atoms. The Labute approximate surface area is 241 Å². The molecule has 218 valence electrons. The molecule has 2 fully saturated rings. The van der Waals surface area contributed by atoms with Crippen LogP contribution in [0.2, 0.25) is 0 Å². The van der Waals surface area contributed by atoms with E-state index in [2.05, 4.69) is 21.3 Å². The second kappa shape index (κ2) is 10.4. The van der Waals surface area contributed by atoms with E-state index < -0.39 is 57.1 Å². The first-order chi connectivity index (χ1) is 19.9. The average molecular weight is 596 g/mol. The lowest BCUT2D eigenvalue weighted by Crippen LogP contribution is -2.80. The van der Waals surface area contributed by atoms with Crippen LogP contribution in [0.15, 0.2) is 64.0 Å². The highest BCUT2D eigenvalue weighted by molar-refractivity contribution is 8.01. The van der Waals surface area contributed by atoms with Crippen molar-refractivity contribution in [2.75, 3.05) is 5.32 Å². The van der Waals surface area contributed by atoms with Crippen LogP contribution in [0.25, 0.3) is 11.0 Å². The summed E-state index contributed by atoms with van der Waals surface area (Å²) in [4.78, 5) is 77.5. The van der Waals surface area contributed by atoms with Crippen LogP contribution in [0.5, 0.6) is 5.75 Å². The van der Waals surface area contributed by atoms with Gasteiger partial charge in [0.2, 0.25) is 23.4 Å². The maximum Gasteiger partial charge on any atom is 0.352 e. The molecule has 14 nitrogen and oxygen atoms in total. The second-order valence-electron chi connectivity index (χ2n) is 10.1. The van der Waals surface area contributed by atoms with Gasteiger partial charge in [0.25, 0.3) is 5.91 Å². The fourth-order valence-corrected chi connectivity index (χ4v) is 6.85. The van der Waals surface area contributed by atoms with Crippen molar-refractivity contribution in [3.05, 3.63) is 70.6 Å². The molecule has 2 aromatic carbocycles. The maximum absolute atomic E-state index is 13.8. The molecule has 0 saturated carbocycles. The third kappa shape index (κ3) is 4.47. The van der Waals surface area contributed by atoms with Crippen molar-refractivity contribution >= 4 is 58.6 Å². The molecule has 3 heterocycles. The van der Waals surface area contributed by atoms with E-state index in [9.17, 15) is 39.0 Å². The van der Waals surface area contributed by atoms with Crippen molar-refractivity contribution in [3.8, 4) is 5.75 Å². The number of carbonyl (C=O) groups excluding carboxylic acids is 4. The Hall–Kier alpha value is -5.05. The van der Waals surface area contributed by atoms with Crippen molar-refractivity contribution in [3.63, 3.8) is 0 Å². The Morgan fingerprint density at radius 3 is 2.45 bits per heavy atom. The monoisotopic (exact) mass is 595 g/mol. The van der Waals surface area contributed by atoms with Gasteiger partial charge in [0.15, 0.2) is 0 Å². The molecule has 15 heteroatoms. The Morgan fingerprint density at radius 1 is 1.10 bits per heavy atom. The number of carbonyl (C=O) groups is 5. The lowest BCUT2D eigenvalue weighted by molar-refractivity contribution is -0.176. The number of nitrogens with one attached hydrogen (secondary N) is 4. The number of carboxylic acids is 1. The number of para-hydroxylation sites is 1. The molecule has 4 atom stereocenters. The number of phenols is 1. The lowest BCUT2D eigenvalue weighted by Gasteiger charge is -2.49. The van der Waals surface area contributed by atoms with Gasteiger partial charge in [0, 0.05) is 0 Å². The summed E-state index contributed by atoms with van der Waals surface area (Å²) in [5, 5.41) is 29.2. The predicted octanol–water partition coefficient (Wildman–Crippen LogP) is 1.07. The third-order valence-corrected chi connectivity index (χ3v) is 8.85. The third-order valence-electron chi connectivity index (χ3n) is 7.24. The standard InChI is InChI=1S/C27H25N5O9S/c1-26(2)27(24(38)39,32-22(37)19(28-12-33)23(32)42-26)31-21(36)18(13-7-9-14(34)10-8-13)30-25(40)29-16-11-41-17-6-4-3-5-15(17)20(16)35/h3-12,18-19,23,34H,1-2H3,(H,28,33)(H,31,36)(H,38,39)(H2,29,30,40)/t18?,19-,23+,27-/m0/s1. The zero-order valence-electron chi connectivity index (χ0n) is 22.1. The lowest BCUT2D eigenvalue weighted by atomic mass is 9.88. The van der Waals surface area contributed by atoms with Crippen LogP contribution in [0.4, 0.5) is 10.5 Å². The number of fused-ring (bicyclic) bond motifs is 2. The summed E-state index contributed by atoms with van der Waals surface area (Å²) < 4.78 is 4.12. The van der Waals surface area contributed by atoms with Crippen molar-refractivity contribution in [1.82, 2.24) is 20.9 Å². The van der Waals surface area contributed by atoms with Gasteiger partial charge in [0.05, 0.1) is 10.1 Å². The van der Waals surface area contributed by atoms with Gasteiger partial charge in [-0.2, -0.15) is 0 Å². The maximum atomic E-state index is 13.8. The van der Waals surface area contributed by atoms with Crippen LogP contribution < -0.4 is 26.7 Å². The molecule has 1 unspecified atom stereocenters. The SMILES string of the molecule is CC1(C)S[C@@H]2[C@@H](NC=O)C(=O)N2[C@@]1(NC(=O)C(NC(=O)Nc1coc2ccccc2c1=O)c1ccc(O)cc1)C(=O)O. The quantitative estimate of drug-likeness (QED) is 0.161. The number of benzene rings is 2. The highest BCUT2D eigenvalue weighted by Crippen LogP contribution is 2.55. The number of β-lactam (4-membered cyclic amide) rings is 1. The molecule has 2 aliphatic rings. The molecule has 6 N–H and O–H groups in total. The molecule has 0 aliphatic carbocycles. The van der Waals surface area contributed by atoms with Gasteiger partial charge in [-0.1, -0.05) is 24.3 Å². The van der Waals surface area contributed by atoms with Crippen LogP contribution in [0.1, 0.15) is 25.5 Å². The molecule has 42 heavy (non-hydrogen) atoms. The summed E-state index contributed by atoms with van der Waals surface area (Å²) >= 11 is 1.08. The highest BCUT2D eigenvalue weighted by Gasteiger charge is 2.74. The van der Waals surface area contributed by atoms with Crippen molar-refractivity contribution in [1.29, 1.82) is 0 Å². The number of hydrogen-bond donors (Lipinski definition) is 6. The number of urea groups is 1. The van der Waals surface area contributed by atoms with Gasteiger partial charge in [-0.15, -0.1) is 11.8 Å². The summed E-state index contributed by atoms with van der Waals surface area (Å²) in [5.41, 5.74) is -2.55. The first kappa shape index (κ1) is 28.5. The number of hydrogen-bond acceptors (Lipinski definition) is 9. The number of amides is 5. The van der Waals surface area contributed by atoms with E-state index in [1.807, 2.05) is 0 Å². The van der Waals surface area contributed by atoms with E-state index in [1.54, 1.807) is 18.2 Å². The number of rotatable bonds is 8. The van der Waals surface area contributed by atoms with Crippen LogP contribution in [-0.4, -0.2) is 67.2 Å². The molecule has 5 amide bonds. The number of nitrogens with zero attached hydrogens (tertiary/aromatic N) is 1. The average Bonchev–Trinajstić information content (AvgIpc) is 3.16. The first-order valence-corrected chi connectivity index (χ1v) is 13.4. The molecule has 3 aromatic rings. The topological polar surface area (TPSA) is 207 Å². The van der Waals surface area contributed by atoms with Crippen LogP contribution >= 0.6 is 11.8 Å². The molecule has 0 bridgehead atoms. The Balaban J connectivity index is 1.46. The minimum Gasteiger partial charge on any atom is -0.508 e. The molecule has 5 rings (SSSR count). The Kier molecular flexibility index (Phi) is 7.06. The number of thioether (sulfide) groups is 1. The molecule has 2 saturated heterocycles. The van der Waals surface area contributed by atoms with E-state index in [4.69, 9.17) is 4.42 Å². The zero-order valence-corrected chi connectivity index (χ0v) is 22.9. The van der Waals surface area contributed by atoms with Crippen molar-refractivity contribution in [2.24, 2.45) is 0 Å². The predicted molar refractivity (Wildman–Crippen MR) is 149 cm³/mol. The van der Waals surface area contributed by atoms with Gasteiger partial charge >= 0.3 is 12.0 Å². The molecule has 2 aliphatic heterocycles. The number of phenolic OH excluding ortho intramolecular Hbond substituents is 1. The van der Waals surface area contributed by atoms with Gasteiger partial charge in [-0.05, 0) is 43.7 Å². The van der Waals surface area contributed by atoms with Gasteiger partial charge < -0.3 is 35.9 Å². The number of aliphatic carboxylic acids is 1. The fraction of sp³-hybridized carbons (Fsp3) is 0.259. The summed E-state index contributed by atoms with van der Waals surface area (Å²) in [6, 6.07) is 8.09. The number of carboxylic acid groups (broad SMARTS) is 1. The molecule has 1 aromatic heterocycles. The van der Waals surface area contributed by atoms with Gasteiger partial charge in [-0.3, -0.25) is 24.1 Å². The minimum absolute atomic E-state index is 0.130. The minimum atomic E-state index is -2.26. The Morgan fingerprint density at radius 2 is 1.79 bits per heavy atom. The second-order valence-corrected chi connectivity index (χ2v) is 11.8. The smallest absolute Gasteiger partial charge is 0.352 e. The largest absolute Gasteiger partial charge is 0.508 e. The Bertz CT molecular complexity index is 1670. The van der Waals surface area contributed by atoms with E-state index >= 15 is 0 Å². The normalized spacial score (nSPS) is 22.8. The van der Waals surface area contributed by atoms with Crippen LogP contribution in [0, 0.1) is 0 Å². The fourth-order valence-electron chi connectivity index (χ4n) is 5.14. The summed E-state index contributed by atoms with van der Waals surface area (Å²) in [6.45, 7) is 3.06. The summed E-state index contributed by atoms with van der Waals surface area (Å²) in [5.74, 6) is -3.37. The van der Waals surface area contributed by atoms with E-state index in [-0.39, 0.29) is 22.4 Å². The van der Waals surface area contributed by atoms with E-state index in [0.717, 1.165) is 22.9 Å². The number of aromatic hydroxyl groups is 1. The zero-order chi connectivity index (χ0) is 30.4. The number of anilines is 1. The molecule has 0 radical (unpaired) electrons. The van der Waals surface area contributed by atoms with Gasteiger partial charge in [-0.25, -0.2) is 9.59 Å². The van der Waals surface area contributed by atoms with Crippen LogP contribution in [0.3, 0.4) is 0 Å². The highest BCUT2D eigenvalue weighted by atomic mass is 32.2.